The molecule has 0 aliphatic carbocycles. The highest BCUT2D eigenvalue weighted by molar-refractivity contribution is 6.19. The van der Waals surface area contributed by atoms with Gasteiger partial charge >= 0.3 is 6.18 Å². The molecule has 0 saturated carbocycles. The van der Waals surface area contributed by atoms with E-state index in [2.05, 4.69) is 16.6 Å². The Morgan fingerprint density at radius 1 is 1.28 bits per heavy atom. The first-order valence-electron chi connectivity index (χ1n) is 4.93. The molecule has 0 saturated heterocycles. The van der Waals surface area contributed by atoms with E-state index in [1.165, 1.54) is 0 Å². The second kappa shape index (κ2) is 7.14. The highest BCUT2D eigenvalue weighted by Gasteiger charge is 2.27. The molecular formula is C12H10ClF3O2. The van der Waals surface area contributed by atoms with Gasteiger partial charge in [-0.2, -0.15) is 13.2 Å². The molecule has 1 rings (SSSR count). The van der Waals surface area contributed by atoms with Crippen LogP contribution in [0.5, 0.6) is 5.75 Å². The van der Waals surface area contributed by atoms with Crippen LogP contribution in [-0.2, 0) is 4.74 Å². The van der Waals surface area contributed by atoms with Crippen molar-refractivity contribution in [3.05, 3.63) is 29.8 Å². The van der Waals surface area contributed by atoms with Gasteiger partial charge < -0.3 is 9.47 Å². The predicted octanol–water partition coefficient (Wildman–Crippen LogP) is 3.19. The minimum absolute atomic E-state index is 0.208. The van der Waals surface area contributed by atoms with Crippen molar-refractivity contribution >= 4 is 11.6 Å². The molecule has 0 aliphatic rings. The zero-order chi connectivity index (χ0) is 13.4. The van der Waals surface area contributed by atoms with Gasteiger partial charge in [0.15, 0.2) is 6.79 Å². The Hall–Kier alpha value is -1.38. The van der Waals surface area contributed by atoms with Crippen LogP contribution in [0.2, 0.25) is 0 Å². The summed E-state index contributed by atoms with van der Waals surface area (Å²) in [5, 5.41) is 0. The van der Waals surface area contributed by atoms with Gasteiger partial charge in [0.1, 0.15) is 12.4 Å². The molecule has 1 aromatic carbocycles. The van der Waals surface area contributed by atoms with Gasteiger partial charge in [0.25, 0.3) is 0 Å². The monoisotopic (exact) mass is 278 g/mol. The van der Waals surface area contributed by atoms with E-state index in [0.717, 1.165) is 0 Å². The van der Waals surface area contributed by atoms with E-state index in [9.17, 15) is 13.2 Å². The van der Waals surface area contributed by atoms with E-state index < -0.39 is 19.6 Å². The van der Waals surface area contributed by atoms with Gasteiger partial charge in [0.2, 0.25) is 0 Å². The minimum atomic E-state index is -4.35. The van der Waals surface area contributed by atoms with E-state index in [0.29, 0.717) is 11.3 Å². The first-order chi connectivity index (χ1) is 8.51. The van der Waals surface area contributed by atoms with Gasteiger partial charge in [-0.15, -0.1) is 11.6 Å². The average molecular weight is 279 g/mol. The van der Waals surface area contributed by atoms with Crippen LogP contribution in [0.25, 0.3) is 0 Å². The van der Waals surface area contributed by atoms with E-state index >= 15 is 0 Å². The lowest BCUT2D eigenvalue weighted by atomic mass is 10.2. The fourth-order valence-corrected chi connectivity index (χ4v) is 1.13. The topological polar surface area (TPSA) is 18.5 Å². The summed E-state index contributed by atoms with van der Waals surface area (Å²) in [5.74, 6) is 6.02. The lowest BCUT2D eigenvalue weighted by Gasteiger charge is -2.09. The standard InChI is InChI=1S/C12H10ClF3O2/c13-6-2-4-10-3-1-5-11(7-10)18-9-17-8-12(14,15)16/h1,3,5,7H,6,8-9H2. The molecule has 6 heteroatoms. The number of benzene rings is 1. The van der Waals surface area contributed by atoms with Crippen molar-refractivity contribution < 1.29 is 22.6 Å². The summed E-state index contributed by atoms with van der Waals surface area (Å²) < 4.78 is 44.6. The molecule has 0 spiro atoms. The SMILES string of the molecule is FC(F)(F)COCOc1cccc(C#CCCl)c1. The first kappa shape index (κ1) is 14.7. The Morgan fingerprint density at radius 3 is 2.72 bits per heavy atom. The summed E-state index contributed by atoms with van der Waals surface area (Å²) in [5.41, 5.74) is 0.670. The Labute approximate surface area is 108 Å². The Balaban J connectivity index is 2.43. The highest BCUT2D eigenvalue weighted by atomic mass is 35.5. The zero-order valence-corrected chi connectivity index (χ0v) is 10.0. The van der Waals surface area contributed by atoms with Gasteiger partial charge in [0.05, 0.1) is 5.88 Å². The molecule has 2 nitrogen and oxygen atoms in total. The number of hydrogen-bond donors (Lipinski definition) is 0. The molecule has 0 radical (unpaired) electrons. The van der Waals surface area contributed by atoms with E-state index in [-0.39, 0.29) is 5.88 Å². The van der Waals surface area contributed by atoms with Crippen LogP contribution in [0.1, 0.15) is 5.56 Å². The summed E-state index contributed by atoms with van der Waals surface area (Å²) >= 11 is 5.40. The molecule has 0 unspecified atom stereocenters. The lowest BCUT2D eigenvalue weighted by Crippen LogP contribution is -2.19. The molecule has 1 aromatic rings. The largest absolute Gasteiger partial charge is 0.468 e. The number of rotatable bonds is 4. The Morgan fingerprint density at radius 2 is 2.06 bits per heavy atom. The zero-order valence-electron chi connectivity index (χ0n) is 9.26. The molecular weight excluding hydrogens is 269 g/mol. The quantitative estimate of drug-likeness (QED) is 0.364. The fourth-order valence-electron chi connectivity index (χ4n) is 1.07. The Bertz CT molecular complexity index is 435. The van der Waals surface area contributed by atoms with Gasteiger partial charge in [-0.25, -0.2) is 0 Å². The van der Waals surface area contributed by atoms with Gasteiger partial charge in [-0.3, -0.25) is 0 Å². The van der Waals surface area contributed by atoms with E-state index in [1.807, 2.05) is 0 Å². The maximum atomic E-state index is 11.8. The molecule has 0 aliphatic heterocycles. The van der Waals surface area contributed by atoms with Crippen molar-refractivity contribution in [1.29, 1.82) is 0 Å². The van der Waals surface area contributed by atoms with Crippen molar-refractivity contribution in [2.75, 3.05) is 19.3 Å². The minimum Gasteiger partial charge on any atom is -0.468 e. The summed E-state index contributed by atoms with van der Waals surface area (Å²) in [6.45, 7) is -1.80. The molecule has 0 bridgehead atoms. The van der Waals surface area contributed by atoms with Crippen LogP contribution in [-0.4, -0.2) is 25.5 Å². The van der Waals surface area contributed by atoms with Crippen LogP contribution >= 0.6 is 11.6 Å². The fraction of sp³-hybridized carbons (Fsp3) is 0.333. The Kier molecular flexibility index (Phi) is 5.83. The second-order valence-electron chi connectivity index (χ2n) is 3.19. The normalized spacial score (nSPS) is 10.7. The molecule has 0 atom stereocenters. The number of hydrogen-bond acceptors (Lipinski definition) is 2. The third-order valence-electron chi connectivity index (χ3n) is 1.71. The molecule has 0 aromatic heterocycles. The van der Waals surface area contributed by atoms with Crippen LogP contribution in [0.15, 0.2) is 24.3 Å². The smallest absolute Gasteiger partial charge is 0.411 e. The summed E-state index contributed by atoms with van der Waals surface area (Å²) in [4.78, 5) is 0. The summed E-state index contributed by atoms with van der Waals surface area (Å²) in [6.07, 6.45) is -4.35. The van der Waals surface area contributed by atoms with Crippen molar-refractivity contribution in [2.24, 2.45) is 0 Å². The third kappa shape index (κ3) is 6.38. The highest BCUT2D eigenvalue weighted by Crippen LogP contribution is 2.16. The van der Waals surface area contributed by atoms with E-state index in [1.54, 1.807) is 24.3 Å². The maximum absolute atomic E-state index is 11.8. The second-order valence-corrected chi connectivity index (χ2v) is 3.46. The van der Waals surface area contributed by atoms with Crippen molar-refractivity contribution in [2.45, 2.75) is 6.18 Å². The molecule has 0 N–H and O–H groups in total. The lowest BCUT2D eigenvalue weighted by molar-refractivity contribution is -0.186. The number of ether oxygens (including phenoxy) is 2. The summed E-state index contributed by atoms with van der Waals surface area (Å²) in [7, 11) is 0. The molecule has 0 amide bonds. The van der Waals surface area contributed by atoms with Gasteiger partial charge in [-0.05, 0) is 18.2 Å². The maximum Gasteiger partial charge on any atom is 0.411 e. The van der Waals surface area contributed by atoms with Crippen LogP contribution in [0.3, 0.4) is 0 Å². The third-order valence-corrected chi connectivity index (χ3v) is 1.84. The van der Waals surface area contributed by atoms with Gasteiger partial charge in [-0.1, -0.05) is 17.9 Å². The van der Waals surface area contributed by atoms with Crippen molar-refractivity contribution in [3.63, 3.8) is 0 Å². The predicted molar refractivity (Wildman–Crippen MR) is 61.5 cm³/mol. The molecule has 18 heavy (non-hydrogen) atoms. The van der Waals surface area contributed by atoms with E-state index in [4.69, 9.17) is 16.3 Å². The van der Waals surface area contributed by atoms with Crippen molar-refractivity contribution in [1.82, 2.24) is 0 Å². The molecule has 0 fully saturated rings. The number of halogens is 4. The number of alkyl halides is 4. The van der Waals surface area contributed by atoms with Crippen LogP contribution in [0.4, 0.5) is 13.2 Å². The van der Waals surface area contributed by atoms with Gasteiger partial charge in [0, 0.05) is 5.56 Å². The molecule has 0 heterocycles. The van der Waals surface area contributed by atoms with Crippen molar-refractivity contribution in [3.8, 4) is 17.6 Å². The average Bonchev–Trinajstić information content (AvgIpc) is 2.31. The first-order valence-corrected chi connectivity index (χ1v) is 5.47. The summed E-state index contributed by atoms with van der Waals surface area (Å²) in [6, 6.07) is 6.61. The molecule has 98 valence electrons. The van der Waals surface area contributed by atoms with Crippen LogP contribution in [0, 0.1) is 11.8 Å². The van der Waals surface area contributed by atoms with Crippen LogP contribution < -0.4 is 4.74 Å².